The highest BCUT2D eigenvalue weighted by atomic mass is 127. The first-order chi connectivity index (χ1) is 6.77. The molecule has 1 heterocycles. The summed E-state index contributed by atoms with van der Waals surface area (Å²) >= 11 is 2.24. The number of aromatic amines is 1. The lowest BCUT2D eigenvalue weighted by Crippen LogP contribution is -1.99. The highest BCUT2D eigenvalue weighted by Gasteiger charge is 2.09. The van der Waals surface area contributed by atoms with Gasteiger partial charge in [-0.3, -0.25) is 0 Å². The molecule has 3 heteroatoms. The van der Waals surface area contributed by atoms with Crippen molar-refractivity contribution < 1.29 is 5.11 Å². The Kier molecular flexibility index (Phi) is 2.88. The number of hydrogen-bond acceptors (Lipinski definition) is 1. The van der Waals surface area contributed by atoms with E-state index >= 15 is 0 Å². The number of halogens is 1. The molecule has 0 saturated carbocycles. The van der Waals surface area contributed by atoms with E-state index < -0.39 is 6.10 Å². The highest BCUT2D eigenvalue weighted by molar-refractivity contribution is 14.1. The zero-order valence-corrected chi connectivity index (χ0v) is 9.60. The Bertz CT molecular complexity index is 394. The van der Waals surface area contributed by atoms with Gasteiger partial charge in [-0.25, -0.2) is 0 Å². The molecule has 1 aromatic carbocycles. The van der Waals surface area contributed by atoms with Gasteiger partial charge in [-0.1, -0.05) is 12.1 Å². The third-order valence-corrected chi connectivity index (χ3v) is 2.82. The largest absolute Gasteiger partial charge is 0.382 e. The predicted molar refractivity (Wildman–Crippen MR) is 64.0 cm³/mol. The van der Waals surface area contributed by atoms with E-state index in [1.54, 1.807) is 0 Å². The molecule has 0 radical (unpaired) electrons. The van der Waals surface area contributed by atoms with Crippen molar-refractivity contribution in [3.63, 3.8) is 0 Å². The Morgan fingerprint density at radius 1 is 1.14 bits per heavy atom. The molecule has 1 unspecified atom stereocenters. The molecule has 0 aliphatic rings. The maximum atomic E-state index is 9.94. The zero-order chi connectivity index (χ0) is 9.97. The second kappa shape index (κ2) is 4.14. The summed E-state index contributed by atoms with van der Waals surface area (Å²) in [6.45, 7) is 0. The number of nitrogens with one attached hydrogen (secondary N) is 1. The van der Waals surface area contributed by atoms with Crippen LogP contribution in [0.4, 0.5) is 0 Å². The lowest BCUT2D eigenvalue weighted by Gasteiger charge is -2.08. The van der Waals surface area contributed by atoms with Gasteiger partial charge in [0.25, 0.3) is 0 Å². The number of aromatic nitrogens is 1. The molecule has 2 rings (SSSR count). The van der Waals surface area contributed by atoms with Gasteiger partial charge in [-0.2, -0.15) is 0 Å². The van der Waals surface area contributed by atoms with Crippen LogP contribution in [0.1, 0.15) is 17.4 Å². The summed E-state index contributed by atoms with van der Waals surface area (Å²) in [4.78, 5) is 3.00. The fourth-order valence-corrected chi connectivity index (χ4v) is 1.70. The Morgan fingerprint density at radius 3 is 2.43 bits per heavy atom. The first kappa shape index (κ1) is 9.73. The van der Waals surface area contributed by atoms with Gasteiger partial charge in [0.05, 0.1) is 0 Å². The molecule has 0 aliphatic carbocycles. The highest BCUT2D eigenvalue weighted by Crippen LogP contribution is 2.20. The third-order valence-electron chi connectivity index (χ3n) is 2.10. The molecule has 2 aromatic rings. The number of benzene rings is 1. The second-order valence-electron chi connectivity index (χ2n) is 3.08. The number of aliphatic hydroxyl groups excluding tert-OH is 1. The van der Waals surface area contributed by atoms with Gasteiger partial charge in [-0.05, 0) is 52.4 Å². The minimum atomic E-state index is -0.554. The van der Waals surface area contributed by atoms with Crippen molar-refractivity contribution in [2.24, 2.45) is 0 Å². The summed E-state index contributed by atoms with van der Waals surface area (Å²) < 4.78 is 1.17. The zero-order valence-electron chi connectivity index (χ0n) is 7.44. The number of H-pyrrole nitrogens is 1. The average Bonchev–Trinajstić information content (AvgIpc) is 2.71. The lowest BCUT2D eigenvalue weighted by atomic mass is 10.1. The van der Waals surface area contributed by atoms with E-state index in [0.29, 0.717) is 0 Å². The molecule has 2 nitrogen and oxygen atoms in total. The van der Waals surface area contributed by atoms with E-state index in [4.69, 9.17) is 0 Å². The van der Waals surface area contributed by atoms with Crippen LogP contribution in [-0.4, -0.2) is 10.1 Å². The summed E-state index contributed by atoms with van der Waals surface area (Å²) in [5.41, 5.74) is 1.74. The standard InChI is InChI=1S/C11H10INO/c12-9-5-3-8(4-6-9)11(14)10-2-1-7-13-10/h1-7,11,13-14H. The Morgan fingerprint density at radius 2 is 1.86 bits per heavy atom. The minimum absolute atomic E-state index is 0.554. The summed E-state index contributed by atoms with van der Waals surface area (Å²) in [6, 6.07) is 11.6. The molecule has 0 fully saturated rings. The van der Waals surface area contributed by atoms with Crippen LogP contribution in [-0.2, 0) is 0 Å². The molecule has 1 aromatic heterocycles. The van der Waals surface area contributed by atoms with E-state index in [0.717, 1.165) is 11.3 Å². The minimum Gasteiger partial charge on any atom is -0.382 e. The second-order valence-corrected chi connectivity index (χ2v) is 4.33. The van der Waals surface area contributed by atoms with E-state index in [-0.39, 0.29) is 0 Å². The molecule has 0 bridgehead atoms. The van der Waals surface area contributed by atoms with Crippen molar-refractivity contribution in [1.29, 1.82) is 0 Å². The number of aliphatic hydroxyl groups is 1. The van der Waals surface area contributed by atoms with Crippen molar-refractivity contribution in [1.82, 2.24) is 4.98 Å². The van der Waals surface area contributed by atoms with Crippen molar-refractivity contribution in [3.8, 4) is 0 Å². The average molecular weight is 299 g/mol. The molecule has 14 heavy (non-hydrogen) atoms. The van der Waals surface area contributed by atoms with Crippen molar-refractivity contribution in [2.75, 3.05) is 0 Å². The normalized spacial score (nSPS) is 12.7. The number of hydrogen-bond donors (Lipinski definition) is 2. The summed E-state index contributed by atoms with van der Waals surface area (Å²) in [7, 11) is 0. The maximum absolute atomic E-state index is 9.94. The molecule has 2 N–H and O–H groups in total. The Labute approximate surface area is 96.1 Å². The van der Waals surface area contributed by atoms with Gasteiger partial charge in [0, 0.05) is 15.5 Å². The molecule has 0 saturated heterocycles. The Balaban J connectivity index is 2.28. The van der Waals surface area contributed by atoms with Crippen LogP contribution >= 0.6 is 22.6 Å². The summed E-state index contributed by atoms with van der Waals surface area (Å²) in [6.07, 6.45) is 1.26. The molecule has 0 spiro atoms. The van der Waals surface area contributed by atoms with Crippen molar-refractivity contribution in [3.05, 3.63) is 57.4 Å². The third kappa shape index (κ3) is 1.99. The smallest absolute Gasteiger partial charge is 0.119 e. The maximum Gasteiger partial charge on any atom is 0.119 e. The van der Waals surface area contributed by atoms with Crippen LogP contribution in [0, 0.1) is 3.57 Å². The van der Waals surface area contributed by atoms with Gasteiger partial charge in [-0.15, -0.1) is 0 Å². The van der Waals surface area contributed by atoms with E-state index in [2.05, 4.69) is 27.6 Å². The molecule has 0 amide bonds. The SMILES string of the molecule is OC(c1ccc(I)cc1)c1ccc[nH]1. The van der Waals surface area contributed by atoms with E-state index in [1.165, 1.54) is 3.57 Å². The van der Waals surface area contributed by atoms with E-state index in [1.807, 2.05) is 42.6 Å². The fraction of sp³-hybridized carbons (Fsp3) is 0.0909. The monoisotopic (exact) mass is 299 g/mol. The quantitative estimate of drug-likeness (QED) is 0.822. The van der Waals surface area contributed by atoms with Crippen LogP contribution in [0.15, 0.2) is 42.6 Å². The van der Waals surface area contributed by atoms with Crippen LogP contribution < -0.4 is 0 Å². The number of rotatable bonds is 2. The van der Waals surface area contributed by atoms with Gasteiger partial charge in [0.15, 0.2) is 0 Å². The van der Waals surface area contributed by atoms with Crippen LogP contribution in [0.2, 0.25) is 0 Å². The van der Waals surface area contributed by atoms with E-state index in [9.17, 15) is 5.11 Å². The fourth-order valence-electron chi connectivity index (χ4n) is 1.34. The van der Waals surface area contributed by atoms with Crippen LogP contribution in [0.3, 0.4) is 0 Å². The van der Waals surface area contributed by atoms with Crippen molar-refractivity contribution >= 4 is 22.6 Å². The predicted octanol–water partition coefficient (Wildman–Crippen LogP) is 2.70. The molecule has 1 atom stereocenters. The van der Waals surface area contributed by atoms with Gasteiger partial charge in [0.2, 0.25) is 0 Å². The molecular weight excluding hydrogens is 289 g/mol. The van der Waals surface area contributed by atoms with Gasteiger partial charge in [0.1, 0.15) is 6.10 Å². The van der Waals surface area contributed by atoms with Crippen molar-refractivity contribution in [2.45, 2.75) is 6.10 Å². The summed E-state index contributed by atoms with van der Waals surface area (Å²) in [5, 5.41) is 9.94. The first-order valence-electron chi connectivity index (χ1n) is 4.34. The first-order valence-corrected chi connectivity index (χ1v) is 5.42. The topological polar surface area (TPSA) is 36.0 Å². The molecule has 0 aliphatic heterocycles. The van der Waals surface area contributed by atoms with Crippen LogP contribution in [0.25, 0.3) is 0 Å². The van der Waals surface area contributed by atoms with Gasteiger partial charge >= 0.3 is 0 Å². The lowest BCUT2D eigenvalue weighted by molar-refractivity contribution is 0.216. The molecule has 72 valence electrons. The van der Waals surface area contributed by atoms with Crippen LogP contribution in [0.5, 0.6) is 0 Å². The summed E-state index contributed by atoms with van der Waals surface area (Å²) in [5.74, 6) is 0. The Hall–Kier alpha value is -0.810. The van der Waals surface area contributed by atoms with Gasteiger partial charge < -0.3 is 10.1 Å². The molecular formula is C11H10INO.